The van der Waals surface area contributed by atoms with Crippen LogP contribution in [0, 0.1) is 17.3 Å². The summed E-state index contributed by atoms with van der Waals surface area (Å²) < 4.78 is 0. The Bertz CT molecular complexity index is 411. The number of amides is 1. The monoisotopic (exact) mass is 280 g/mol. The molecule has 3 atom stereocenters. The van der Waals surface area contributed by atoms with Gasteiger partial charge in [0.1, 0.15) is 0 Å². The van der Waals surface area contributed by atoms with E-state index in [0.29, 0.717) is 12.3 Å². The van der Waals surface area contributed by atoms with Crippen LogP contribution < -0.4 is 10.6 Å². The predicted octanol–water partition coefficient (Wildman–Crippen LogP) is 1.16. The lowest BCUT2D eigenvalue weighted by atomic mass is 9.74. The van der Waals surface area contributed by atoms with Crippen LogP contribution in [0.5, 0.6) is 0 Å². The van der Waals surface area contributed by atoms with E-state index < -0.39 is 17.3 Å². The van der Waals surface area contributed by atoms with Gasteiger partial charge in [-0.3, -0.25) is 9.59 Å². The molecule has 3 unspecified atom stereocenters. The van der Waals surface area contributed by atoms with Crippen molar-refractivity contribution in [2.45, 2.75) is 39.2 Å². The van der Waals surface area contributed by atoms with E-state index in [-0.39, 0.29) is 11.9 Å². The minimum absolute atomic E-state index is 0.0203. The van der Waals surface area contributed by atoms with Crippen molar-refractivity contribution in [2.75, 3.05) is 13.1 Å². The zero-order valence-corrected chi connectivity index (χ0v) is 12.2. The Morgan fingerprint density at radius 3 is 2.65 bits per heavy atom. The Balaban J connectivity index is 1.91. The number of hydrogen-bond donors (Lipinski definition) is 3. The maximum absolute atomic E-state index is 12.5. The molecule has 3 N–H and O–H groups in total. The van der Waals surface area contributed by atoms with E-state index in [1.54, 1.807) is 12.2 Å². The lowest BCUT2D eigenvalue weighted by Crippen LogP contribution is -2.49. The number of nitrogens with one attached hydrogen (secondary N) is 2. The lowest BCUT2D eigenvalue weighted by Gasteiger charge is -2.36. The quantitative estimate of drug-likeness (QED) is 0.675. The average Bonchev–Trinajstić information content (AvgIpc) is 2.88. The van der Waals surface area contributed by atoms with E-state index in [2.05, 4.69) is 10.6 Å². The molecular formula is C15H24N2O3. The highest BCUT2D eigenvalue weighted by atomic mass is 16.4. The summed E-state index contributed by atoms with van der Waals surface area (Å²) in [5.41, 5.74) is -0.428. The fourth-order valence-electron chi connectivity index (χ4n) is 3.00. The topological polar surface area (TPSA) is 78.4 Å². The summed E-state index contributed by atoms with van der Waals surface area (Å²) in [6, 6.07) is -0.153. The first-order valence-electron chi connectivity index (χ1n) is 7.34. The van der Waals surface area contributed by atoms with Gasteiger partial charge < -0.3 is 15.7 Å². The Hall–Kier alpha value is -1.36. The fraction of sp³-hybridized carbons (Fsp3) is 0.733. The highest BCUT2D eigenvalue weighted by Crippen LogP contribution is 2.32. The van der Waals surface area contributed by atoms with Crippen LogP contribution in [0.15, 0.2) is 12.2 Å². The van der Waals surface area contributed by atoms with Gasteiger partial charge in [0.05, 0.1) is 5.92 Å². The van der Waals surface area contributed by atoms with Gasteiger partial charge in [0, 0.05) is 11.5 Å². The second kappa shape index (κ2) is 5.95. The molecule has 1 fully saturated rings. The van der Waals surface area contributed by atoms with Crippen molar-refractivity contribution >= 4 is 11.9 Å². The van der Waals surface area contributed by atoms with Gasteiger partial charge in [-0.2, -0.15) is 0 Å². The molecule has 1 aliphatic heterocycles. The van der Waals surface area contributed by atoms with Gasteiger partial charge in [0.15, 0.2) is 0 Å². The molecule has 2 aliphatic rings. The van der Waals surface area contributed by atoms with E-state index in [0.717, 1.165) is 25.9 Å². The number of carboxylic acid groups (broad SMARTS) is 1. The van der Waals surface area contributed by atoms with Crippen molar-refractivity contribution in [1.82, 2.24) is 10.6 Å². The standard InChI is InChI=1S/C15H24N2O3/c1-15(2,11-4-3-7-16-9-11)14(20)17-12-6-5-10(8-12)13(18)19/h5-6,10-12,16H,3-4,7-9H2,1-2H3,(H,17,20)(H,18,19). The van der Waals surface area contributed by atoms with Crippen molar-refractivity contribution in [3.05, 3.63) is 12.2 Å². The van der Waals surface area contributed by atoms with E-state index >= 15 is 0 Å². The Kier molecular flexibility index (Phi) is 4.48. The van der Waals surface area contributed by atoms with Crippen molar-refractivity contribution in [2.24, 2.45) is 17.3 Å². The average molecular weight is 280 g/mol. The van der Waals surface area contributed by atoms with E-state index in [1.165, 1.54) is 0 Å². The van der Waals surface area contributed by atoms with Gasteiger partial charge in [0.25, 0.3) is 0 Å². The number of hydrogen-bond acceptors (Lipinski definition) is 3. The summed E-state index contributed by atoms with van der Waals surface area (Å²) in [6.07, 6.45) is 6.09. The van der Waals surface area contributed by atoms with Crippen LogP contribution in [-0.2, 0) is 9.59 Å². The number of carboxylic acids is 1. The Morgan fingerprint density at radius 1 is 1.35 bits per heavy atom. The summed E-state index contributed by atoms with van der Waals surface area (Å²) in [4.78, 5) is 23.4. The van der Waals surface area contributed by atoms with Crippen LogP contribution in [0.2, 0.25) is 0 Å². The van der Waals surface area contributed by atoms with Crippen LogP contribution in [-0.4, -0.2) is 36.1 Å². The molecule has 0 aromatic carbocycles. The summed E-state index contributed by atoms with van der Waals surface area (Å²) in [6.45, 7) is 5.86. The molecule has 1 aliphatic carbocycles. The number of rotatable bonds is 4. The molecule has 0 saturated carbocycles. The van der Waals surface area contributed by atoms with E-state index in [4.69, 9.17) is 5.11 Å². The first-order valence-corrected chi connectivity index (χ1v) is 7.34. The Morgan fingerprint density at radius 2 is 2.10 bits per heavy atom. The first-order chi connectivity index (χ1) is 9.41. The van der Waals surface area contributed by atoms with Crippen molar-refractivity contribution in [1.29, 1.82) is 0 Å². The Labute approximate surface area is 119 Å². The summed E-state index contributed by atoms with van der Waals surface area (Å²) in [7, 11) is 0. The van der Waals surface area contributed by atoms with Crippen molar-refractivity contribution in [3.8, 4) is 0 Å². The zero-order chi connectivity index (χ0) is 14.8. The summed E-state index contributed by atoms with van der Waals surface area (Å²) in [5, 5.41) is 15.3. The number of carbonyl (C=O) groups is 2. The largest absolute Gasteiger partial charge is 0.481 e. The van der Waals surface area contributed by atoms with E-state index in [1.807, 2.05) is 13.8 Å². The summed E-state index contributed by atoms with van der Waals surface area (Å²) >= 11 is 0. The highest BCUT2D eigenvalue weighted by Gasteiger charge is 2.38. The van der Waals surface area contributed by atoms with Crippen LogP contribution in [0.1, 0.15) is 33.1 Å². The summed E-state index contributed by atoms with van der Waals surface area (Å²) in [5.74, 6) is -0.947. The van der Waals surface area contributed by atoms with Crippen LogP contribution >= 0.6 is 0 Å². The normalized spacial score (nSPS) is 30.2. The second-order valence-electron chi connectivity index (χ2n) is 6.41. The fourth-order valence-corrected chi connectivity index (χ4v) is 3.00. The molecule has 1 saturated heterocycles. The predicted molar refractivity (Wildman–Crippen MR) is 76.2 cm³/mol. The molecule has 0 aromatic rings. The van der Waals surface area contributed by atoms with Crippen molar-refractivity contribution < 1.29 is 14.7 Å². The van der Waals surface area contributed by atoms with Gasteiger partial charge in [-0.05, 0) is 38.3 Å². The molecule has 0 radical (unpaired) electrons. The van der Waals surface area contributed by atoms with Gasteiger partial charge >= 0.3 is 5.97 Å². The molecule has 0 bridgehead atoms. The minimum Gasteiger partial charge on any atom is -0.481 e. The molecule has 1 amide bonds. The molecule has 20 heavy (non-hydrogen) atoms. The zero-order valence-electron chi connectivity index (χ0n) is 12.2. The van der Waals surface area contributed by atoms with Crippen LogP contribution in [0.25, 0.3) is 0 Å². The third kappa shape index (κ3) is 3.20. The third-order valence-electron chi connectivity index (χ3n) is 4.62. The van der Waals surface area contributed by atoms with Crippen LogP contribution in [0.4, 0.5) is 0 Å². The number of piperidine rings is 1. The molecule has 0 aromatic heterocycles. The second-order valence-corrected chi connectivity index (χ2v) is 6.41. The van der Waals surface area contributed by atoms with E-state index in [9.17, 15) is 9.59 Å². The molecule has 112 valence electrons. The van der Waals surface area contributed by atoms with Gasteiger partial charge in [-0.25, -0.2) is 0 Å². The lowest BCUT2D eigenvalue weighted by molar-refractivity contribution is -0.140. The molecule has 5 heteroatoms. The third-order valence-corrected chi connectivity index (χ3v) is 4.62. The van der Waals surface area contributed by atoms with Gasteiger partial charge in [-0.15, -0.1) is 0 Å². The van der Waals surface area contributed by atoms with Gasteiger partial charge in [0.2, 0.25) is 5.91 Å². The molecular weight excluding hydrogens is 256 g/mol. The van der Waals surface area contributed by atoms with Crippen molar-refractivity contribution in [3.63, 3.8) is 0 Å². The molecule has 0 spiro atoms. The number of carbonyl (C=O) groups excluding carboxylic acids is 1. The number of aliphatic carboxylic acids is 1. The minimum atomic E-state index is -0.825. The maximum atomic E-state index is 12.5. The van der Waals surface area contributed by atoms with Crippen LogP contribution in [0.3, 0.4) is 0 Å². The smallest absolute Gasteiger partial charge is 0.310 e. The molecule has 2 rings (SSSR count). The highest BCUT2D eigenvalue weighted by molar-refractivity contribution is 5.83. The maximum Gasteiger partial charge on any atom is 0.310 e. The van der Waals surface area contributed by atoms with Gasteiger partial charge in [-0.1, -0.05) is 26.0 Å². The SMILES string of the molecule is CC(C)(C(=O)NC1C=CC(C(=O)O)C1)C1CCCNC1. The first kappa shape index (κ1) is 15.0. The molecule has 5 nitrogen and oxygen atoms in total. The molecule has 1 heterocycles.